The van der Waals surface area contributed by atoms with E-state index in [1.807, 2.05) is 43.3 Å². The fourth-order valence-electron chi connectivity index (χ4n) is 2.79. The van der Waals surface area contributed by atoms with Crippen LogP contribution in [0.4, 0.5) is 10.7 Å². The first-order valence-electron chi connectivity index (χ1n) is 8.27. The standard InChI is InChI=1S/C19H22ClN3OS/c1-21(2)9-8-17(24)18-6-7-19(25-18)23-12-10-22(11-13-23)16-5-3-4-15(20)14-16/h3-9,14H,10-13H2,1-2H3. The maximum absolute atomic E-state index is 12.2. The zero-order valence-corrected chi connectivity index (χ0v) is 16.1. The third-order valence-electron chi connectivity index (χ3n) is 4.12. The highest BCUT2D eigenvalue weighted by Gasteiger charge is 2.19. The van der Waals surface area contributed by atoms with Crippen LogP contribution in [0.5, 0.6) is 0 Å². The van der Waals surface area contributed by atoms with Crippen LogP contribution in [-0.4, -0.2) is 51.0 Å². The summed E-state index contributed by atoms with van der Waals surface area (Å²) in [4.78, 5) is 19.5. The van der Waals surface area contributed by atoms with Crippen LogP contribution < -0.4 is 9.80 Å². The number of piperazine rings is 1. The number of benzene rings is 1. The van der Waals surface area contributed by atoms with Crippen LogP contribution in [-0.2, 0) is 0 Å². The molecule has 2 aromatic rings. The average Bonchev–Trinajstić information content (AvgIpc) is 3.10. The van der Waals surface area contributed by atoms with Gasteiger partial charge in [0.2, 0.25) is 0 Å². The number of thiophene rings is 1. The van der Waals surface area contributed by atoms with Crippen molar-refractivity contribution < 1.29 is 4.79 Å². The van der Waals surface area contributed by atoms with Gasteiger partial charge in [0.15, 0.2) is 5.78 Å². The summed E-state index contributed by atoms with van der Waals surface area (Å²) in [6, 6.07) is 12.0. The van der Waals surface area contributed by atoms with Crippen LogP contribution in [0.25, 0.3) is 0 Å². The van der Waals surface area contributed by atoms with E-state index in [2.05, 4.69) is 21.9 Å². The SMILES string of the molecule is CN(C)C=CC(=O)c1ccc(N2CCN(c3cccc(Cl)c3)CC2)s1. The minimum Gasteiger partial charge on any atom is -0.383 e. The topological polar surface area (TPSA) is 26.8 Å². The predicted octanol–water partition coefficient (Wildman–Crippen LogP) is 3.99. The zero-order chi connectivity index (χ0) is 17.8. The van der Waals surface area contributed by atoms with E-state index in [1.54, 1.807) is 23.6 Å². The number of ketones is 1. The van der Waals surface area contributed by atoms with E-state index < -0.39 is 0 Å². The lowest BCUT2D eigenvalue weighted by Crippen LogP contribution is -2.46. The van der Waals surface area contributed by atoms with Gasteiger partial charge in [-0.15, -0.1) is 11.3 Å². The maximum Gasteiger partial charge on any atom is 0.197 e. The number of hydrogen-bond acceptors (Lipinski definition) is 5. The molecule has 1 fully saturated rings. The Balaban J connectivity index is 1.61. The average molecular weight is 376 g/mol. The number of nitrogens with zero attached hydrogens (tertiary/aromatic N) is 3. The fraction of sp³-hybridized carbons (Fsp3) is 0.316. The fourth-order valence-corrected chi connectivity index (χ4v) is 3.95. The molecule has 1 aromatic heterocycles. The van der Waals surface area contributed by atoms with Crippen molar-refractivity contribution in [1.82, 2.24) is 4.90 Å². The predicted molar refractivity (Wildman–Crippen MR) is 107 cm³/mol. The van der Waals surface area contributed by atoms with E-state index in [9.17, 15) is 4.79 Å². The van der Waals surface area contributed by atoms with Gasteiger partial charge in [-0.3, -0.25) is 4.79 Å². The number of carbonyl (C=O) groups is 1. The molecule has 132 valence electrons. The second-order valence-electron chi connectivity index (χ2n) is 6.24. The Hall–Kier alpha value is -1.98. The van der Waals surface area contributed by atoms with Gasteiger partial charge in [0.05, 0.1) is 9.88 Å². The number of allylic oxidation sites excluding steroid dienone is 1. The molecule has 1 aliphatic rings. The Bertz CT molecular complexity index is 764. The monoisotopic (exact) mass is 375 g/mol. The van der Waals surface area contributed by atoms with Gasteiger partial charge in [-0.2, -0.15) is 0 Å². The summed E-state index contributed by atoms with van der Waals surface area (Å²) in [5.74, 6) is 0.0579. The summed E-state index contributed by atoms with van der Waals surface area (Å²) in [6.07, 6.45) is 3.40. The molecule has 3 rings (SSSR count). The van der Waals surface area contributed by atoms with Crippen LogP contribution in [0.2, 0.25) is 5.02 Å². The van der Waals surface area contributed by atoms with Gasteiger partial charge in [-0.25, -0.2) is 0 Å². The van der Waals surface area contributed by atoms with Gasteiger partial charge < -0.3 is 14.7 Å². The van der Waals surface area contributed by atoms with Crippen LogP contribution in [0.3, 0.4) is 0 Å². The molecule has 1 saturated heterocycles. The summed E-state index contributed by atoms with van der Waals surface area (Å²) in [6.45, 7) is 3.77. The molecule has 4 nitrogen and oxygen atoms in total. The molecule has 0 spiro atoms. The van der Waals surface area contributed by atoms with Crippen LogP contribution in [0, 0.1) is 0 Å². The lowest BCUT2D eigenvalue weighted by atomic mass is 10.2. The van der Waals surface area contributed by atoms with Crippen LogP contribution >= 0.6 is 22.9 Å². The summed E-state index contributed by atoms with van der Waals surface area (Å²) in [7, 11) is 3.81. The molecule has 0 radical (unpaired) electrons. The van der Waals surface area contributed by atoms with Gasteiger partial charge in [-0.05, 0) is 30.3 Å². The van der Waals surface area contributed by atoms with E-state index in [1.165, 1.54) is 5.69 Å². The van der Waals surface area contributed by atoms with E-state index >= 15 is 0 Å². The molecule has 6 heteroatoms. The third-order valence-corrected chi connectivity index (χ3v) is 5.52. The molecule has 0 aliphatic carbocycles. The molecule has 1 aliphatic heterocycles. The highest BCUT2D eigenvalue weighted by Crippen LogP contribution is 2.29. The highest BCUT2D eigenvalue weighted by atomic mass is 35.5. The Morgan fingerprint density at radius 2 is 1.84 bits per heavy atom. The minimum absolute atomic E-state index is 0.0579. The van der Waals surface area contributed by atoms with Crippen molar-refractivity contribution in [3.05, 3.63) is 58.6 Å². The van der Waals surface area contributed by atoms with Gasteiger partial charge >= 0.3 is 0 Å². The molecule has 0 N–H and O–H groups in total. The third kappa shape index (κ3) is 4.55. The summed E-state index contributed by atoms with van der Waals surface area (Å²) < 4.78 is 0. The van der Waals surface area contributed by atoms with Crippen molar-refractivity contribution in [2.45, 2.75) is 0 Å². The second kappa shape index (κ2) is 7.93. The van der Waals surface area contributed by atoms with E-state index in [-0.39, 0.29) is 5.78 Å². The Kier molecular flexibility index (Phi) is 5.66. The molecule has 0 unspecified atom stereocenters. The quantitative estimate of drug-likeness (QED) is 0.583. The minimum atomic E-state index is 0.0579. The highest BCUT2D eigenvalue weighted by molar-refractivity contribution is 7.18. The Morgan fingerprint density at radius 1 is 1.12 bits per heavy atom. The number of carbonyl (C=O) groups excluding carboxylic acids is 1. The Labute approximate surface area is 157 Å². The van der Waals surface area contributed by atoms with Crippen molar-refractivity contribution in [3.63, 3.8) is 0 Å². The first kappa shape index (κ1) is 17.8. The molecule has 1 aromatic carbocycles. The van der Waals surface area contributed by atoms with Crippen molar-refractivity contribution in [1.29, 1.82) is 0 Å². The first-order valence-corrected chi connectivity index (χ1v) is 9.46. The lowest BCUT2D eigenvalue weighted by Gasteiger charge is -2.36. The number of hydrogen-bond donors (Lipinski definition) is 0. The number of rotatable bonds is 5. The maximum atomic E-state index is 12.2. The normalized spacial score (nSPS) is 15.0. The van der Waals surface area contributed by atoms with Crippen molar-refractivity contribution in [2.24, 2.45) is 0 Å². The molecule has 0 saturated carbocycles. The Morgan fingerprint density at radius 3 is 2.52 bits per heavy atom. The zero-order valence-electron chi connectivity index (χ0n) is 14.5. The molecule has 0 atom stereocenters. The largest absolute Gasteiger partial charge is 0.383 e. The van der Waals surface area contributed by atoms with E-state index in [0.29, 0.717) is 0 Å². The van der Waals surface area contributed by atoms with Crippen molar-refractivity contribution in [2.75, 3.05) is 50.1 Å². The molecular formula is C19H22ClN3OS. The van der Waals surface area contributed by atoms with Gasteiger partial charge in [0, 0.05) is 63.3 Å². The molecule has 0 bridgehead atoms. The lowest BCUT2D eigenvalue weighted by molar-refractivity contribution is 0.104. The van der Waals surface area contributed by atoms with E-state index in [0.717, 1.165) is 41.1 Å². The van der Waals surface area contributed by atoms with Crippen molar-refractivity contribution in [3.8, 4) is 0 Å². The van der Waals surface area contributed by atoms with Gasteiger partial charge in [0.25, 0.3) is 0 Å². The number of halogens is 1. The second-order valence-corrected chi connectivity index (χ2v) is 7.73. The molecule has 0 amide bonds. The summed E-state index contributed by atoms with van der Waals surface area (Å²) in [5, 5.41) is 1.93. The van der Waals surface area contributed by atoms with Gasteiger partial charge in [0.1, 0.15) is 0 Å². The molecule has 2 heterocycles. The van der Waals surface area contributed by atoms with Crippen LogP contribution in [0.15, 0.2) is 48.7 Å². The number of anilines is 2. The smallest absolute Gasteiger partial charge is 0.197 e. The first-order chi connectivity index (χ1) is 12.0. The molecular weight excluding hydrogens is 354 g/mol. The molecule has 25 heavy (non-hydrogen) atoms. The van der Waals surface area contributed by atoms with Crippen molar-refractivity contribution >= 4 is 39.4 Å². The van der Waals surface area contributed by atoms with E-state index in [4.69, 9.17) is 11.6 Å². The summed E-state index contributed by atoms with van der Waals surface area (Å²) in [5.41, 5.74) is 1.17. The van der Waals surface area contributed by atoms with Crippen LogP contribution in [0.1, 0.15) is 9.67 Å². The summed E-state index contributed by atoms with van der Waals surface area (Å²) >= 11 is 7.66. The van der Waals surface area contributed by atoms with Gasteiger partial charge in [-0.1, -0.05) is 17.7 Å².